The van der Waals surface area contributed by atoms with Gasteiger partial charge in [0.2, 0.25) is 17.7 Å². The number of carboxylic acids is 1. The minimum absolute atomic E-state index is 0.0499. The van der Waals surface area contributed by atoms with Gasteiger partial charge in [-0.05, 0) is 25.7 Å². The average molecular weight is 448 g/mol. The highest BCUT2D eigenvalue weighted by molar-refractivity contribution is 7.80. The number of nitrogens with two attached hydrogens (primary N) is 3. The lowest BCUT2D eigenvalue weighted by molar-refractivity contribution is -0.142. The third-order valence-electron chi connectivity index (χ3n) is 4.10. The molecule has 0 saturated carbocycles. The SMILES string of the molecule is CC(NC(=O)C(N)CCCN=C(N)N)C(=O)NC(C(=O)NC(CS)C(=O)O)C(C)C. The molecule has 10 N–H and O–H groups in total. The summed E-state index contributed by atoms with van der Waals surface area (Å²) in [6, 6.07) is -4.00. The summed E-state index contributed by atoms with van der Waals surface area (Å²) in [5.74, 6) is -3.52. The summed E-state index contributed by atoms with van der Waals surface area (Å²) in [4.78, 5) is 51.8. The molecule has 30 heavy (non-hydrogen) atoms. The van der Waals surface area contributed by atoms with Gasteiger partial charge in [0, 0.05) is 12.3 Å². The standard InChI is InChI=1S/C17H33N7O5S/c1-8(2)12(15(27)23-11(7-30)16(28)29)24-13(25)9(3)22-14(26)10(18)5-4-6-21-17(19)20/h8-12,30H,4-7,18H2,1-3H3,(H,22,26)(H,23,27)(H,24,25)(H,28,29)(H4,19,20,21). The van der Waals surface area contributed by atoms with E-state index in [0.717, 1.165) is 0 Å². The van der Waals surface area contributed by atoms with E-state index in [1.165, 1.54) is 6.92 Å². The predicted octanol–water partition coefficient (Wildman–Crippen LogP) is -2.49. The molecule has 13 heteroatoms. The van der Waals surface area contributed by atoms with Crippen LogP contribution in [0.3, 0.4) is 0 Å². The topological polar surface area (TPSA) is 215 Å². The fourth-order valence-corrected chi connectivity index (χ4v) is 2.54. The van der Waals surface area contributed by atoms with E-state index in [2.05, 4.69) is 33.6 Å². The highest BCUT2D eigenvalue weighted by Crippen LogP contribution is 2.04. The van der Waals surface area contributed by atoms with Gasteiger partial charge in [-0.1, -0.05) is 13.8 Å². The van der Waals surface area contributed by atoms with Crippen molar-refractivity contribution in [3.63, 3.8) is 0 Å². The Morgan fingerprint density at radius 1 is 1.00 bits per heavy atom. The number of rotatable bonds is 13. The number of nitrogens with zero attached hydrogens (tertiary/aromatic N) is 1. The van der Waals surface area contributed by atoms with Crippen LogP contribution in [-0.4, -0.2) is 71.2 Å². The molecule has 0 rings (SSSR count). The first-order valence-electron chi connectivity index (χ1n) is 9.46. The largest absolute Gasteiger partial charge is 0.480 e. The summed E-state index contributed by atoms with van der Waals surface area (Å²) in [7, 11) is 0. The van der Waals surface area contributed by atoms with Gasteiger partial charge in [-0.15, -0.1) is 0 Å². The highest BCUT2D eigenvalue weighted by atomic mass is 32.1. The van der Waals surface area contributed by atoms with Crippen LogP contribution < -0.4 is 33.2 Å². The number of hydrogen-bond acceptors (Lipinski definition) is 7. The van der Waals surface area contributed by atoms with Gasteiger partial charge in [0.15, 0.2) is 5.96 Å². The van der Waals surface area contributed by atoms with Crippen molar-refractivity contribution >= 4 is 42.3 Å². The van der Waals surface area contributed by atoms with Crippen molar-refractivity contribution in [2.24, 2.45) is 28.1 Å². The lowest BCUT2D eigenvalue weighted by Gasteiger charge is -2.25. The number of aliphatic carboxylic acids is 1. The van der Waals surface area contributed by atoms with Crippen LogP contribution in [0.25, 0.3) is 0 Å². The van der Waals surface area contributed by atoms with E-state index in [-0.39, 0.29) is 17.6 Å². The van der Waals surface area contributed by atoms with Crippen LogP contribution in [0.15, 0.2) is 4.99 Å². The molecule has 0 aliphatic carbocycles. The van der Waals surface area contributed by atoms with Crippen LogP contribution in [0.2, 0.25) is 0 Å². The van der Waals surface area contributed by atoms with E-state index in [1.807, 2.05) is 0 Å². The number of guanidine groups is 1. The van der Waals surface area contributed by atoms with Crippen molar-refractivity contribution in [1.29, 1.82) is 0 Å². The molecule has 0 spiro atoms. The van der Waals surface area contributed by atoms with Gasteiger partial charge in [0.1, 0.15) is 18.1 Å². The third-order valence-corrected chi connectivity index (χ3v) is 4.47. The van der Waals surface area contributed by atoms with Gasteiger partial charge >= 0.3 is 5.97 Å². The molecule has 4 unspecified atom stereocenters. The van der Waals surface area contributed by atoms with Crippen molar-refractivity contribution in [2.45, 2.75) is 57.8 Å². The fourth-order valence-electron chi connectivity index (χ4n) is 2.30. The van der Waals surface area contributed by atoms with E-state index < -0.39 is 47.9 Å². The molecule has 0 aliphatic heterocycles. The fraction of sp³-hybridized carbons (Fsp3) is 0.706. The minimum Gasteiger partial charge on any atom is -0.480 e. The number of amides is 3. The first-order valence-corrected chi connectivity index (χ1v) is 10.1. The molecular weight excluding hydrogens is 414 g/mol. The molecule has 172 valence electrons. The Hall–Kier alpha value is -2.54. The van der Waals surface area contributed by atoms with Crippen LogP contribution in [-0.2, 0) is 19.2 Å². The summed E-state index contributed by atoms with van der Waals surface area (Å²) in [5, 5.41) is 16.4. The second kappa shape index (κ2) is 13.6. The van der Waals surface area contributed by atoms with E-state index in [9.17, 15) is 19.2 Å². The zero-order valence-corrected chi connectivity index (χ0v) is 18.3. The van der Waals surface area contributed by atoms with E-state index >= 15 is 0 Å². The summed E-state index contributed by atoms with van der Waals surface area (Å²) >= 11 is 3.89. The Morgan fingerprint density at radius 3 is 2.07 bits per heavy atom. The van der Waals surface area contributed by atoms with Crippen LogP contribution in [0.1, 0.15) is 33.6 Å². The first-order chi connectivity index (χ1) is 13.9. The van der Waals surface area contributed by atoms with Gasteiger partial charge < -0.3 is 38.3 Å². The van der Waals surface area contributed by atoms with Crippen molar-refractivity contribution in [1.82, 2.24) is 16.0 Å². The van der Waals surface area contributed by atoms with E-state index in [1.54, 1.807) is 13.8 Å². The van der Waals surface area contributed by atoms with Crippen molar-refractivity contribution < 1.29 is 24.3 Å². The third kappa shape index (κ3) is 10.3. The van der Waals surface area contributed by atoms with E-state index in [0.29, 0.717) is 19.4 Å². The number of nitrogens with one attached hydrogen (secondary N) is 3. The average Bonchev–Trinajstić information content (AvgIpc) is 2.65. The van der Waals surface area contributed by atoms with Crippen LogP contribution >= 0.6 is 12.6 Å². The number of carbonyl (C=O) groups excluding carboxylic acids is 3. The zero-order chi connectivity index (χ0) is 23.4. The van der Waals surface area contributed by atoms with E-state index in [4.69, 9.17) is 22.3 Å². The molecular formula is C17H33N7O5S. The van der Waals surface area contributed by atoms with Crippen molar-refractivity contribution in [3.8, 4) is 0 Å². The Morgan fingerprint density at radius 2 is 1.60 bits per heavy atom. The Bertz CT molecular complexity index is 640. The molecule has 3 amide bonds. The molecule has 0 aromatic carbocycles. The molecule has 0 fully saturated rings. The smallest absolute Gasteiger partial charge is 0.327 e. The number of carboxylic acid groups (broad SMARTS) is 1. The molecule has 0 radical (unpaired) electrons. The second-order valence-corrected chi connectivity index (χ2v) is 7.46. The van der Waals surface area contributed by atoms with Gasteiger partial charge in [-0.3, -0.25) is 19.4 Å². The number of hydrogen-bond donors (Lipinski definition) is 8. The van der Waals surface area contributed by atoms with Gasteiger partial charge in [-0.2, -0.15) is 12.6 Å². The zero-order valence-electron chi connectivity index (χ0n) is 17.4. The molecule has 0 bridgehead atoms. The quantitative estimate of drug-likeness (QED) is 0.0652. The minimum atomic E-state index is -1.23. The monoisotopic (exact) mass is 447 g/mol. The Balaban J connectivity index is 4.78. The van der Waals surface area contributed by atoms with Gasteiger partial charge in [-0.25, -0.2) is 4.79 Å². The van der Waals surface area contributed by atoms with Crippen molar-refractivity contribution in [2.75, 3.05) is 12.3 Å². The number of carbonyl (C=O) groups is 4. The maximum atomic E-state index is 12.4. The van der Waals surface area contributed by atoms with Crippen LogP contribution in [0.5, 0.6) is 0 Å². The molecule has 0 saturated heterocycles. The molecule has 12 nitrogen and oxygen atoms in total. The summed E-state index contributed by atoms with van der Waals surface area (Å²) in [6.07, 6.45) is 0.798. The number of thiol groups is 1. The molecule has 0 aromatic heterocycles. The van der Waals surface area contributed by atoms with Crippen molar-refractivity contribution in [3.05, 3.63) is 0 Å². The maximum Gasteiger partial charge on any atom is 0.327 e. The lowest BCUT2D eigenvalue weighted by atomic mass is 10.0. The number of aliphatic imine (C=N–C) groups is 1. The maximum absolute atomic E-state index is 12.4. The van der Waals surface area contributed by atoms with Crippen LogP contribution in [0, 0.1) is 5.92 Å². The Kier molecular flexibility index (Phi) is 12.5. The lowest BCUT2D eigenvalue weighted by Crippen LogP contribution is -2.58. The van der Waals surface area contributed by atoms with Gasteiger partial charge in [0.05, 0.1) is 6.04 Å². The molecule has 0 heterocycles. The second-order valence-electron chi connectivity index (χ2n) is 7.10. The molecule has 0 aliphatic rings. The summed E-state index contributed by atoms with van der Waals surface area (Å²) in [5.41, 5.74) is 16.2. The first kappa shape index (κ1) is 27.5. The summed E-state index contributed by atoms with van der Waals surface area (Å²) < 4.78 is 0. The molecule has 4 atom stereocenters. The van der Waals surface area contributed by atoms with Crippen LogP contribution in [0.4, 0.5) is 0 Å². The van der Waals surface area contributed by atoms with Gasteiger partial charge in [0.25, 0.3) is 0 Å². The normalized spacial score (nSPS) is 14.7. The Labute approximate surface area is 181 Å². The molecule has 0 aromatic rings. The highest BCUT2D eigenvalue weighted by Gasteiger charge is 2.30. The predicted molar refractivity (Wildman–Crippen MR) is 116 cm³/mol. The summed E-state index contributed by atoms with van der Waals surface area (Å²) in [6.45, 7) is 5.16.